The quantitative estimate of drug-likeness (QED) is 0.843. The average molecular weight is 347 g/mol. The third kappa shape index (κ3) is 4.89. The van der Waals surface area contributed by atoms with E-state index < -0.39 is 0 Å². The molecule has 0 aromatic carbocycles. The highest BCUT2D eigenvalue weighted by Gasteiger charge is 2.26. The van der Waals surface area contributed by atoms with Crippen LogP contribution in [0.4, 0.5) is 5.95 Å². The lowest BCUT2D eigenvalue weighted by Gasteiger charge is -2.35. The van der Waals surface area contributed by atoms with Gasteiger partial charge in [0.2, 0.25) is 5.95 Å². The predicted molar refractivity (Wildman–Crippen MR) is 96.7 cm³/mol. The molecule has 2 aliphatic rings. The minimum Gasteiger partial charge on any atom is -0.379 e. The number of amides is 1. The molecule has 2 fully saturated rings. The summed E-state index contributed by atoms with van der Waals surface area (Å²) in [6.45, 7) is 8.29. The van der Waals surface area contributed by atoms with E-state index in [1.165, 1.54) is 6.42 Å². The van der Waals surface area contributed by atoms with Gasteiger partial charge in [-0.3, -0.25) is 9.69 Å². The second-order valence-corrected chi connectivity index (χ2v) is 6.73. The van der Waals surface area contributed by atoms with Crippen molar-refractivity contribution in [1.82, 2.24) is 19.8 Å². The van der Waals surface area contributed by atoms with Gasteiger partial charge in [0, 0.05) is 51.2 Å². The van der Waals surface area contributed by atoms with Gasteiger partial charge in [0.1, 0.15) is 0 Å². The Hall–Kier alpha value is -1.73. The van der Waals surface area contributed by atoms with Gasteiger partial charge in [0.15, 0.2) is 0 Å². The van der Waals surface area contributed by atoms with Crippen molar-refractivity contribution in [2.24, 2.45) is 0 Å². The van der Waals surface area contributed by atoms with E-state index in [1.807, 2.05) is 4.90 Å². The molecule has 0 aliphatic carbocycles. The maximum absolute atomic E-state index is 12.7. The number of ether oxygens (including phenoxy) is 1. The second kappa shape index (κ2) is 9.10. The molecule has 1 aromatic rings. The van der Waals surface area contributed by atoms with Crippen LogP contribution in [0.2, 0.25) is 0 Å². The number of anilines is 1. The van der Waals surface area contributed by atoms with Gasteiger partial charge in [0.25, 0.3) is 5.91 Å². The average Bonchev–Trinajstić information content (AvgIpc) is 2.69. The predicted octanol–water partition coefficient (Wildman–Crippen LogP) is 1.63. The lowest BCUT2D eigenvalue weighted by molar-refractivity contribution is 0.0398. The summed E-state index contributed by atoms with van der Waals surface area (Å²) in [5.74, 6) is 0.641. The Morgan fingerprint density at radius 1 is 1.24 bits per heavy atom. The van der Waals surface area contributed by atoms with Crippen molar-refractivity contribution in [3.8, 4) is 0 Å². The van der Waals surface area contributed by atoms with E-state index in [0.29, 0.717) is 17.6 Å². The highest BCUT2D eigenvalue weighted by molar-refractivity contribution is 5.94. The Morgan fingerprint density at radius 2 is 2.00 bits per heavy atom. The van der Waals surface area contributed by atoms with E-state index in [1.54, 1.807) is 12.4 Å². The summed E-state index contributed by atoms with van der Waals surface area (Å²) >= 11 is 0. The Kier molecular flexibility index (Phi) is 6.58. The number of nitrogens with zero attached hydrogens (tertiary/aromatic N) is 4. The molecule has 3 heterocycles. The summed E-state index contributed by atoms with van der Waals surface area (Å²) in [5, 5.41) is 3.23. The summed E-state index contributed by atoms with van der Waals surface area (Å²) < 4.78 is 5.34. The number of carbonyl (C=O) groups excluding carboxylic acids is 1. The molecule has 0 saturated carbocycles. The first-order valence-electron chi connectivity index (χ1n) is 9.45. The monoisotopic (exact) mass is 347 g/mol. The van der Waals surface area contributed by atoms with Gasteiger partial charge < -0.3 is 15.0 Å². The van der Waals surface area contributed by atoms with Gasteiger partial charge >= 0.3 is 0 Å². The van der Waals surface area contributed by atoms with Crippen LogP contribution in [0.5, 0.6) is 0 Å². The fraction of sp³-hybridized carbons (Fsp3) is 0.722. The topological polar surface area (TPSA) is 70.6 Å². The van der Waals surface area contributed by atoms with Crippen molar-refractivity contribution in [1.29, 1.82) is 0 Å². The Bertz CT molecular complexity index is 545. The van der Waals surface area contributed by atoms with Crippen LogP contribution in [0.15, 0.2) is 12.4 Å². The van der Waals surface area contributed by atoms with Crippen LogP contribution in [0, 0.1) is 0 Å². The largest absolute Gasteiger partial charge is 0.379 e. The maximum atomic E-state index is 12.7. The summed E-state index contributed by atoms with van der Waals surface area (Å²) in [5.41, 5.74) is 0.582. The van der Waals surface area contributed by atoms with Crippen LogP contribution in [-0.2, 0) is 4.74 Å². The maximum Gasteiger partial charge on any atom is 0.257 e. The zero-order valence-electron chi connectivity index (χ0n) is 15.1. The molecule has 7 heteroatoms. The van der Waals surface area contributed by atoms with Crippen LogP contribution in [-0.4, -0.2) is 77.7 Å². The SMILES string of the molecule is CCC1CCCCN1C(=O)c1cnc(NCCN2CCOCC2)nc1. The molecule has 25 heavy (non-hydrogen) atoms. The summed E-state index contributed by atoms with van der Waals surface area (Å²) in [4.78, 5) is 25.7. The lowest BCUT2D eigenvalue weighted by atomic mass is 9.99. The number of carbonyl (C=O) groups is 1. The van der Waals surface area contributed by atoms with Crippen molar-refractivity contribution in [2.45, 2.75) is 38.6 Å². The Balaban J connectivity index is 1.50. The van der Waals surface area contributed by atoms with Crippen molar-refractivity contribution in [3.63, 3.8) is 0 Å². The normalized spacial score (nSPS) is 22.0. The molecule has 1 atom stereocenters. The number of morpholine rings is 1. The third-order valence-electron chi connectivity index (χ3n) is 5.07. The molecule has 3 rings (SSSR count). The molecule has 138 valence electrons. The number of likely N-dealkylation sites (tertiary alicyclic amines) is 1. The van der Waals surface area contributed by atoms with E-state index in [2.05, 4.69) is 27.1 Å². The molecule has 1 N–H and O–H groups in total. The van der Waals surface area contributed by atoms with Crippen molar-refractivity contribution in [3.05, 3.63) is 18.0 Å². The summed E-state index contributed by atoms with van der Waals surface area (Å²) in [6.07, 6.45) is 7.70. The molecule has 1 aromatic heterocycles. The second-order valence-electron chi connectivity index (χ2n) is 6.73. The minimum absolute atomic E-state index is 0.0615. The Labute approximate surface area is 149 Å². The highest BCUT2D eigenvalue weighted by atomic mass is 16.5. The van der Waals surface area contributed by atoms with Gasteiger partial charge in [0.05, 0.1) is 18.8 Å². The van der Waals surface area contributed by atoms with Crippen LogP contribution >= 0.6 is 0 Å². The number of hydrogen-bond acceptors (Lipinski definition) is 6. The van der Waals surface area contributed by atoms with Crippen molar-refractivity contribution < 1.29 is 9.53 Å². The van der Waals surface area contributed by atoms with Crippen LogP contribution < -0.4 is 5.32 Å². The van der Waals surface area contributed by atoms with E-state index in [0.717, 1.165) is 65.2 Å². The Morgan fingerprint density at radius 3 is 2.72 bits per heavy atom. The van der Waals surface area contributed by atoms with Gasteiger partial charge in [-0.1, -0.05) is 6.92 Å². The van der Waals surface area contributed by atoms with E-state index in [-0.39, 0.29) is 5.91 Å². The molecule has 0 radical (unpaired) electrons. The van der Waals surface area contributed by atoms with Crippen LogP contribution in [0.1, 0.15) is 43.0 Å². The minimum atomic E-state index is 0.0615. The lowest BCUT2D eigenvalue weighted by Crippen LogP contribution is -2.43. The first-order chi connectivity index (χ1) is 12.3. The van der Waals surface area contributed by atoms with Gasteiger partial charge in [-0.25, -0.2) is 9.97 Å². The number of aromatic nitrogens is 2. The zero-order chi connectivity index (χ0) is 17.5. The number of rotatable bonds is 6. The van der Waals surface area contributed by atoms with Gasteiger partial charge in [-0.15, -0.1) is 0 Å². The molecule has 1 amide bonds. The third-order valence-corrected chi connectivity index (χ3v) is 5.07. The standard InChI is InChI=1S/C18H29N5O2/c1-2-16-5-3-4-7-23(16)17(24)15-13-20-18(21-14-15)19-6-8-22-9-11-25-12-10-22/h13-14,16H,2-12H2,1H3,(H,19,20,21). The first-order valence-corrected chi connectivity index (χ1v) is 9.45. The van der Waals surface area contributed by atoms with E-state index in [9.17, 15) is 4.79 Å². The summed E-state index contributed by atoms with van der Waals surface area (Å²) in [6, 6.07) is 0.354. The van der Waals surface area contributed by atoms with Gasteiger partial charge in [-0.2, -0.15) is 0 Å². The fourth-order valence-electron chi connectivity index (χ4n) is 3.54. The van der Waals surface area contributed by atoms with E-state index in [4.69, 9.17) is 4.74 Å². The molecule has 1 unspecified atom stereocenters. The van der Waals surface area contributed by atoms with Crippen LogP contribution in [0.25, 0.3) is 0 Å². The molecule has 7 nitrogen and oxygen atoms in total. The number of hydrogen-bond donors (Lipinski definition) is 1. The number of piperidine rings is 1. The highest BCUT2D eigenvalue weighted by Crippen LogP contribution is 2.21. The zero-order valence-corrected chi connectivity index (χ0v) is 15.1. The van der Waals surface area contributed by atoms with Gasteiger partial charge in [-0.05, 0) is 25.7 Å². The molecule has 0 bridgehead atoms. The van der Waals surface area contributed by atoms with Crippen molar-refractivity contribution >= 4 is 11.9 Å². The number of nitrogens with one attached hydrogen (secondary N) is 1. The van der Waals surface area contributed by atoms with Crippen molar-refractivity contribution in [2.75, 3.05) is 51.3 Å². The molecule has 2 aliphatic heterocycles. The molecule has 0 spiro atoms. The van der Waals surface area contributed by atoms with Crippen LogP contribution in [0.3, 0.4) is 0 Å². The molecular weight excluding hydrogens is 318 g/mol. The molecule has 2 saturated heterocycles. The molecular formula is C18H29N5O2. The smallest absolute Gasteiger partial charge is 0.257 e. The van der Waals surface area contributed by atoms with E-state index >= 15 is 0 Å². The summed E-state index contributed by atoms with van der Waals surface area (Å²) in [7, 11) is 0. The first kappa shape index (κ1) is 18.1. The fourth-order valence-corrected chi connectivity index (χ4v) is 3.54.